The summed E-state index contributed by atoms with van der Waals surface area (Å²) in [5, 5.41) is 4.17. The molecule has 1 fully saturated rings. The summed E-state index contributed by atoms with van der Waals surface area (Å²) >= 11 is 0. The molecule has 2 heterocycles. The summed E-state index contributed by atoms with van der Waals surface area (Å²) < 4.78 is 7.54. The lowest BCUT2D eigenvalue weighted by atomic mass is 9.88. The average molecular weight is 237 g/mol. The predicted molar refractivity (Wildman–Crippen MR) is 67.6 cm³/mol. The van der Waals surface area contributed by atoms with Crippen molar-refractivity contribution in [1.29, 1.82) is 0 Å². The molecule has 4 nitrogen and oxygen atoms in total. The molecule has 96 valence electrons. The molecule has 1 aromatic rings. The topological polar surface area (TPSA) is 53.1 Å². The molecule has 0 aromatic carbocycles. The fraction of sp³-hybridized carbons (Fsp3) is 0.769. The molecule has 3 unspecified atom stereocenters. The molecule has 1 aliphatic heterocycles. The molecule has 0 bridgehead atoms. The summed E-state index contributed by atoms with van der Waals surface area (Å²) in [6.45, 7) is 3.06. The Hall–Kier alpha value is -0.870. The zero-order chi connectivity index (χ0) is 12.3. The normalized spacial score (nSPS) is 26.3. The monoisotopic (exact) mass is 237 g/mol. The summed E-state index contributed by atoms with van der Waals surface area (Å²) in [4.78, 5) is 0. The first-order valence-electron chi connectivity index (χ1n) is 6.55. The first-order chi connectivity index (χ1) is 8.20. The molecule has 2 rings (SSSR count). The molecule has 0 radical (unpaired) electrons. The highest BCUT2D eigenvalue weighted by Crippen LogP contribution is 2.27. The van der Waals surface area contributed by atoms with Gasteiger partial charge in [0.1, 0.15) is 0 Å². The standard InChI is InChI=1S/C13H23N3O/c1-3-13-11(6-7-17-13)12(14)5-4-10-8-15-16(2)9-10/h8-9,11-13H,3-7,14H2,1-2H3. The van der Waals surface area contributed by atoms with Gasteiger partial charge in [0.2, 0.25) is 0 Å². The van der Waals surface area contributed by atoms with Crippen LogP contribution >= 0.6 is 0 Å². The van der Waals surface area contributed by atoms with Gasteiger partial charge < -0.3 is 10.5 Å². The fourth-order valence-corrected chi connectivity index (χ4v) is 2.72. The zero-order valence-corrected chi connectivity index (χ0v) is 10.8. The van der Waals surface area contributed by atoms with Crippen molar-refractivity contribution < 1.29 is 4.74 Å². The van der Waals surface area contributed by atoms with Crippen molar-refractivity contribution in [2.75, 3.05) is 6.61 Å². The van der Waals surface area contributed by atoms with Gasteiger partial charge in [-0.25, -0.2) is 0 Å². The number of nitrogens with zero attached hydrogens (tertiary/aromatic N) is 2. The van der Waals surface area contributed by atoms with Crippen LogP contribution in [-0.2, 0) is 18.2 Å². The van der Waals surface area contributed by atoms with Crippen LogP contribution in [-0.4, -0.2) is 28.5 Å². The molecular formula is C13H23N3O. The Labute approximate surface area is 103 Å². The number of nitrogens with two attached hydrogens (primary N) is 1. The third-order valence-corrected chi connectivity index (χ3v) is 3.74. The van der Waals surface area contributed by atoms with Crippen molar-refractivity contribution in [2.45, 2.75) is 44.8 Å². The minimum absolute atomic E-state index is 0.252. The van der Waals surface area contributed by atoms with Crippen molar-refractivity contribution in [3.63, 3.8) is 0 Å². The first-order valence-corrected chi connectivity index (χ1v) is 6.55. The van der Waals surface area contributed by atoms with E-state index in [9.17, 15) is 0 Å². The van der Waals surface area contributed by atoms with E-state index in [2.05, 4.69) is 18.2 Å². The highest BCUT2D eigenvalue weighted by molar-refractivity contribution is 5.04. The van der Waals surface area contributed by atoms with Crippen molar-refractivity contribution >= 4 is 0 Å². The summed E-state index contributed by atoms with van der Waals surface area (Å²) in [7, 11) is 1.95. The molecule has 17 heavy (non-hydrogen) atoms. The van der Waals surface area contributed by atoms with Crippen molar-refractivity contribution in [3.8, 4) is 0 Å². The SMILES string of the molecule is CCC1OCCC1C(N)CCc1cnn(C)c1. The molecular weight excluding hydrogens is 214 g/mol. The van der Waals surface area contributed by atoms with E-state index in [1.807, 2.05) is 17.9 Å². The van der Waals surface area contributed by atoms with E-state index in [1.54, 1.807) is 0 Å². The maximum atomic E-state index is 6.29. The van der Waals surface area contributed by atoms with Crippen LogP contribution in [0, 0.1) is 5.92 Å². The van der Waals surface area contributed by atoms with Gasteiger partial charge in [-0.3, -0.25) is 4.68 Å². The highest BCUT2D eigenvalue weighted by atomic mass is 16.5. The predicted octanol–water partition coefficient (Wildman–Crippen LogP) is 1.50. The van der Waals surface area contributed by atoms with E-state index < -0.39 is 0 Å². The van der Waals surface area contributed by atoms with E-state index in [0.717, 1.165) is 32.3 Å². The minimum atomic E-state index is 0.252. The van der Waals surface area contributed by atoms with Gasteiger partial charge in [0.25, 0.3) is 0 Å². The lowest BCUT2D eigenvalue weighted by molar-refractivity contribution is 0.0806. The van der Waals surface area contributed by atoms with Gasteiger partial charge >= 0.3 is 0 Å². The number of hydrogen-bond donors (Lipinski definition) is 1. The Morgan fingerprint density at radius 3 is 3.12 bits per heavy atom. The fourth-order valence-electron chi connectivity index (χ4n) is 2.72. The number of rotatable bonds is 5. The van der Waals surface area contributed by atoms with Gasteiger partial charge in [0, 0.05) is 31.8 Å². The summed E-state index contributed by atoms with van der Waals surface area (Å²) in [6, 6.07) is 0.252. The molecule has 4 heteroatoms. The van der Waals surface area contributed by atoms with Crippen LogP contribution in [0.5, 0.6) is 0 Å². The summed E-state index contributed by atoms with van der Waals surface area (Å²) in [6.07, 6.45) is 8.60. The number of aromatic nitrogens is 2. The Morgan fingerprint density at radius 2 is 2.47 bits per heavy atom. The van der Waals surface area contributed by atoms with Crippen LogP contribution < -0.4 is 5.73 Å². The Morgan fingerprint density at radius 1 is 1.65 bits per heavy atom. The summed E-state index contributed by atoms with van der Waals surface area (Å²) in [5.41, 5.74) is 7.57. The number of ether oxygens (including phenoxy) is 1. The molecule has 1 aromatic heterocycles. The van der Waals surface area contributed by atoms with E-state index in [4.69, 9.17) is 10.5 Å². The Kier molecular flexibility index (Phi) is 4.18. The van der Waals surface area contributed by atoms with Gasteiger partial charge in [-0.15, -0.1) is 0 Å². The minimum Gasteiger partial charge on any atom is -0.378 e. The Balaban J connectivity index is 1.82. The van der Waals surface area contributed by atoms with Crippen LogP contribution in [0.4, 0.5) is 0 Å². The van der Waals surface area contributed by atoms with E-state index in [1.165, 1.54) is 5.56 Å². The summed E-state index contributed by atoms with van der Waals surface area (Å²) in [5.74, 6) is 0.539. The number of aryl methyl sites for hydroxylation is 2. The van der Waals surface area contributed by atoms with Gasteiger partial charge in [-0.2, -0.15) is 5.10 Å². The highest BCUT2D eigenvalue weighted by Gasteiger charge is 2.31. The first kappa shape index (κ1) is 12.6. The molecule has 0 spiro atoms. The molecule has 3 atom stereocenters. The maximum Gasteiger partial charge on any atom is 0.0616 e. The zero-order valence-electron chi connectivity index (χ0n) is 10.8. The van der Waals surface area contributed by atoms with Gasteiger partial charge in [0.05, 0.1) is 12.3 Å². The van der Waals surface area contributed by atoms with Crippen molar-refractivity contribution in [2.24, 2.45) is 18.7 Å². The smallest absolute Gasteiger partial charge is 0.0616 e. The van der Waals surface area contributed by atoms with E-state index >= 15 is 0 Å². The molecule has 0 aliphatic carbocycles. The molecule has 1 aliphatic rings. The Bertz CT molecular complexity index is 350. The van der Waals surface area contributed by atoms with Crippen LogP contribution in [0.15, 0.2) is 12.4 Å². The molecule has 0 saturated carbocycles. The maximum absolute atomic E-state index is 6.29. The van der Waals surface area contributed by atoms with Crippen LogP contribution in [0.2, 0.25) is 0 Å². The lowest BCUT2D eigenvalue weighted by Gasteiger charge is -2.23. The van der Waals surface area contributed by atoms with E-state index in [-0.39, 0.29) is 6.04 Å². The van der Waals surface area contributed by atoms with E-state index in [0.29, 0.717) is 12.0 Å². The largest absolute Gasteiger partial charge is 0.378 e. The van der Waals surface area contributed by atoms with Crippen molar-refractivity contribution in [3.05, 3.63) is 18.0 Å². The lowest BCUT2D eigenvalue weighted by Crippen LogP contribution is -2.35. The molecule has 0 amide bonds. The second-order valence-corrected chi connectivity index (χ2v) is 4.99. The van der Waals surface area contributed by atoms with Crippen LogP contribution in [0.25, 0.3) is 0 Å². The average Bonchev–Trinajstić information content (AvgIpc) is 2.94. The molecule has 1 saturated heterocycles. The quantitative estimate of drug-likeness (QED) is 0.844. The second-order valence-electron chi connectivity index (χ2n) is 4.99. The van der Waals surface area contributed by atoms with Crippen LogP contribution in [0.1, 0.15) is 31.7 Å². The van der Waals surface area contributed by atoms with Gasteiger partial charge in [-0.05, 0) is 31.2 Å². The van der Waals surface area contributed by atoms with Gasteiger partial charge in [-0.1, -0.05) is 6.92 Å². The van der Waals surface area contributed by atoms with Crippen LogP contribution in [0.3, 0.4) is 0 Å². The second kappa shape index (κ2) is 5.65. The molecule has 2 N–H and O–H groups in total. The van der Waals surface area contributed by atoms with Crippen molar-refractivity contribution in [1.82, 2.24) is 9.78 Å². The third kappa shape index (κ3) is 3.07. The van der Waals surface area contributed by atoms with Gasteiger partial charge in [0.15, 0.2) is 0 Å². The third-order valence-electron chi connectivity index (χ3n) is 3.74. The number of hydrogen-bond acceptors (Lipinski definition) is 3.